The lowest BCUT2D eigenvalue weighted by Gasteiger charge is -2.15. The normalized spacial score (nSPS) is 18.1. The Morgan fingerprint density at radius 1 is 1.43 bits per heavy atom. The summed E-state index contributed by atoms with van der Waals surface area (Å²) in [6, 6.07) is 8.31. The lowest BCUT2D eigenvalue weighted by molar-refractivity contribution is 0.0559. The Hall–Kier alpha value is 0.140. The number of ether oxygens (including phenoxy) is 1. The fourth-order valence-electron chi connectivity index (χ4n) is 1.35. The van der Waals surface area contributed by atoms with Gasteiger partial charge in [0.1, 0.15) is 0 Å². The molecule has 3 heteroatoms. The summed E-state index contributed by atoms with van der Waals surface area (Å²) in [5, 5.41) is 0.861. The lowest BCUT2D eigenvalue weighted by atomic mass is 10.1. The second kappa shape index (κ2) is 4.77. The molecule has 1 nitrogen and oxygen atoms in total. The van der Waals surface area contributed by atoms with Gasteiger partial charge in [0.15, 0.2) is 0 Å². The smallest absolute Gasteiger partial charge is 0.0925 e. The first-order valence-electron chi connectivity index (χ1n) is 4.76. The van der Waals surface area contributed by atoms with Crippen molar-refractivity contribution < 1.29 is 4.74 Å². The molecule has 0 radical (unpaired) electrons. The fraction of sp³-hybridized carbons (Fsp3) is 0.455. The van der Waals surface area contributed by atoms with Gasteiger partial charge in [-0.2, -0.15) is 0 Å². The number of hydrogen-bond acceptors (Lipinski definition) is 1. The van der Waals surface area contributed by atoms with Crippen LogP contribution in [0, 0.1) is 0 Å². The molecule has 0 bridgehead atoms. The highest BCUT2D eigenvalue weighted by atomic mass is 79.9. The van der Waals surface area contributed by atoms with Crippen LogP contribution < -0.4 is 0 Å². The van der Waals surface area contributed by atoms with Crippen molar-refractivity contribution in [2.45, 2.75) is 25.0 Å². The summed E-state index contributed by atoms with van der Waals surface area (Å²) in [4.78, 5) is 0. The molecule has 1 unspecified atom stereocenters. The maximum Gasteiger partial charge on any atom is 0.0925 e. The maximum atomic E-state index is 5.88. The number of alkyl halides is 1. The summed E-state index contributed by atoms with van der Waals surface area (Å²) in [6.45, 7) is 0. The van der Waals surface area contributed by atoms with Crippen LogP contribution in [0.1, 0.15) is 24.5 Å². The molecule has 2 rings (SSSR count). The second-order valence-electron chi connectivity index (χ2n) is 3.53. The van der Waals surface area contributed by atoms with E-state index in [4.69, 9.17) is 4.74 Å². The largest absolute Gasteiger partial charge is 0.369 e. The average Bonchev–Trinajstić information content (AvgIpc) is 2.98. The Bertz CT molecular complexity index is 310. The van der Waals surface area contributed by atoms with Crippen LogP contribution in [-0.4, -0.2) is 11.4 Å². The van der Waals surface area contributed by atoms with Gasteiger partial charge in [0, 0.05) is 9.80 Å². The predicted molar refractivity (Wildman–Crippen MR) is 64.8 cm³/mol. The van der Waals surface area contributed by atoms with Crippen LogP contribution >= 0.6 is 31.9 Å². The minimum absolute atomic E-state index is 0.194. The van der Waals surface area contributed by atoms with Crippen molar-refractivity contribution in [3.05, 3.63) is 34.3 Å². The SMILES string of the molecule is BrCC(OC1CC1)c1cccc(Br)c1. The highest BCUT2D eigenvalue weighted by Crippen LogP contribution is 2.32. The van der Waals surface area contributed by atoms with E-state index >= 15 is 0 Å². The van der Waals surface area contributed by atoms with E-state index in [1.54, 1.807) is 0 Å². The Balaban J connectivity index is 2.08. The summed E-state index contributed by atoms with van der Waals surface area (Å²) < 4.78 is 7.00. The van der Waals surface area contributed by atoms with Crippen LogP contribution in [0.25, 0.3) is 0 Å². The van der Waals surface area contributed by atoms with E-state index in [0.717, 1.165) is 9.80 Å². The van der Waals surface area contributed by atoms with Gasteiger partial charge >= 0.3 is 0 Å². The molecule has 0 N–H and O–H groups in total. The van der Waals surface area contributed by atoms with Crippen molar-refractivity contribution in [2.75, 3.05) is 5.33 Å². The molecule has 0 heterocycles. The third-order valence-electron chi connectivity index (χ3n) is 2.24. The fourth-order valence-corrected chi connectivity index (χ4v) is 2.29. The molecule has 0 aromatic heterocycles. The zero-order valence-corrected chi connectivity index (χ0v) is 10.9. The van der Waals surface area contributed by atoms with Crippen LogP contribution in [0.4, 0.5) is 0 Å². The molecule has 0 aliphatic heterocycles. The molecule has 1 aliphatic carbocycles. The molecular weight excluding hydrogens is 308 g/mol. The van der Waals surface area contributed by atoms with Crippen LogP contribution in [0.5, 0.6) is 0 Å². The number of benzene rings is 1. The van der Waals surface area contributed by atoms with Crippen LogP contribution in [-0.2, 0) is 4.74 Å². The van der Waals surface area contributed by atoms with Gasteiger partial charge in [0.25, 0.3) is 0 Å². The highest BCUT2D eigenvalue weighted by Gasteiger charge is 2.26. The summed E-state index contributed by atoms with van der Waals surface area (Å²) in [5.41, 5.74) is 1.24. The predicted octanol–water partition coefficient (Wildman–Crippen LogP) is 4.06. The molecule has 1 aromatic rings. The van der Waals surface area contributed by atoms with Crippen molar-refractivity contribution in [1.29, 1.82) is 0 Å². The molecule has 1 aromatic carbocycles. The van der Waals surface area contributed by atoms with E-state index in [0.29, 0.717) is 6.10 Å². The summed E-state index contributed by atoms with van der Waals surface area (Å²) in [5.74, 6) is 0. The molecule has 0 saturated heterocycles. The van der Waals surface area contributed by atoms with Crippen molar-refractivity contribution in [1.82, 2.24) is 0 Å². The first-order valence-corrected chi connectivity index (χ1v) is 6.68. The molecular formula is C11H12Br2O. The minimum Gasteiger partial charge on any atom is -0.369 e. The number of rotatable bonds is 4. The molecule has 1 aliphatic rings. The Morgan fingerprint density at radius 3 is 2.79 bits per heavy atom. The Kier molecular flexibility index (Phi) is 3.63. The summed E-state index contributed by atoms with van der Waals surface area (Å²) >= 11 is 6.96. The molecule has 1 fully saturated rings. The summed E-state index contributed by atoms with van der Waals surface area (Å²) in [6.07, 6.45) is 3.13. The monoisotopic (exact) mass is 318 g/mol. The zero-order valence-electron chi connectivity index (χ0n) is 7.75. The highest BCUT2D eigenvalue weighted by molar-refractivity contribution is 9.10. The molecule has 14 heavy (non-hydrogen) atoms. The van der Waals surface area contributed by atoms with Gasteiger partial charge in [-0.05, 0) is 30.5 Å². The standard InChI is InChI=1S/C11H12Br2O/c12-7-11(14-10-4-5-10)8-2-1-3-9(13)6-8/h1-3,6,10-11H,4-5,7H2. The first-order chi connectivity index (χ1) is 6.79. The van der Waals surface area contributed by atoms with Gasteiger partial charge in [0.2, 0.25) is 0 Å². The third-order valence-corrected chi connectivity index (χ3v) is 3.32. The van der Waals surface area contributed by atoms with Gasteiger partial charge < -0.3 is 4.74 Å². The topological polar surface area (TPSA) is 9.23 Å². The maximum absolute atomic E-state index is 5.88. The van der Waals surface area contributed by atoms with Gasteiger partial charge in [-0.3, -0.25) is 0 Å². The Labute approximate surface area is 101 Å². The van der Waals surface area contributed by atoms with Crippen molar-refractivity contribution in [2.24, 2.45) is 0 Å². The van der Waals surface area contributed by atoms with Crippen molar-refractivity contribution >= 4 is 31.9 Å². The van der Waals surface area contributed by atoms with E-state index in [1.807, 2.05) is 12.1 Å². The number of halogens is 2. The van der Waals surface area contributed by atoms with Crippen LogP contribution in [0.15, 0.2) is 28.7 Å². The average molecular weight is 320 g/mol. The molecule has 0 amide bonds. The van der Waals surface area contributed by atoms with Crippen LogP contribution in [0.2, 0.25) is 0 Å². The summed E-state index contributed by atoms with van der Waals surface area (Å²) in [7, 11) is 0. The third kappa shape index (κ3) is 2.81. The van der Waals surface area contributed by atoms with Crippen LogP contribution in [0.3, 0.4) is 0 Å². The van der Waals surface area contributed by atoms with Crippen molar-refractivity contribution in [3.63, 3.8) is 0 Å². The van der Waals surface area contributed by atoms with E-state index in [2.05, 4.69) is 44.0 Å². The van der Waals surface area contributed by atoms with Gasteiger partial charge in [-0.15, -0.1) is 0 Å². The van der Waals surface area contributed by atoms with E-state index < -0.39 is 0 Å². The van der Waals surface area contributed by atoms with Gasteiger partial charge in [0.05, 0.1) is 12.2 Å². The van der Waals surface area contributed by atoms with E-state index in [9.17, 15) is 0 Å². The second-order valence-corrected chi connectivity index (χ2v) is 5.10. The zero-order chi connectivity index (χ0) is 9.97. The number of hydrogen-bond donors (Lipinski definition) is 0. The molecule has 1 atom stereocenters. The molecule has 1 saturated carbocycles. The van der Waals surface area contributed by atoms with Crippen molar-refractivity contribution in [3.8, 4) is 0 Å². The first kappa shape index (κ1) is 10.7. The molecule has 76 valence electrons. The van der Waals surface area contributed by atoms with E-state index in [1.165, 1.54) is 18.4 Å². The van der Waals surface area contributed by atoms with Gasteiger partial charge in [-0.1, -0.05) is 44.0 Å². The minimum atomic E-state index is 0.194. The molecule has 0 spiro atoms. The lowest BCUT2D eigenvalue weighted by Crippen LogP contribution is -2.07. The Morgan fingerprint density at radius 2 is 2.21 bits per heavy atom. The van der Waals surface area contributed by atoms with Gasteiger partial charge in [-0.25, -0.2) is 0 Å². The van der Waals surface area contributed by atoms with E-state index in [-0.39, 0.29) is 6.10 Å². The quantitative estimate of drug-likeness (QED) is 0.760.